The Balaban J connectivity index is 0.00000320. The number of imide groups is 1. The number of rotatable bonds is 8. The van der Waals surface area contributed by atoms with E-state index in [2.05, 4.69) is 27.8 Å². The minimum absolute atomic E-state index is 0. The molecule has 0 radical (unpaired) electrons. The van der Waals surface area contributed by atoms with Crippen molar-refractivity contribution in [2.24, 2.45) is 28.7 Å². The Hall–Kier alpha value is -1.37. The second-order valence-electron chi connectivity index (χ2n) is 7.87. The van der Waals surface area contributed by atoms with Gasteiger partial charge in [0.05, 0.1) is 24.9 Å². The summed E-state index contributed by atoms with van der Waals surface area (Å²) in [6, 6.07) is 0. The van der Waals surface area contributed by atoms with E-state index in [9.17, 15) is 22.8 Å². The quantitative estimate of drug-likeness (QED) is 0.160. The molecule has 3 rings (SSSR count). The Kier molecular flexibility index (Phi) is 8.54. The number of carbonyl (C=O) groups is 2. The molecule has 2 N–H and O–H groups in total. The van der Waals surface area contributed by atoms with Gasteiger partial charge in [0.2, 0.25) is 11.8 Å². The summed E-state index contributed by atoms with van der Waals surface area (Å²) < 4.78 is 37.1. The number of fused-ring (bicyclic) bond motifs is 5. The fourth-order valence-corrected chi connectivity index (χ4v) is 4.53. The number of allylic oxidation sites excluding steroid dienone is 2. The lowest BCUT2D eigenvalue weighted by Gasteiger charge is -2.19. The summed E-state index contributed by atoms with van der Waals surface area (Å²) in [7, 11) is 1.40. The highest BCUT2D eigenvalue weighted by atomic mass is 127. The molecule has 1 saturated heterocycles. The zero-order valence-electron chi connectivity index (χ0n) is 17.1. The number of carbonyl (C=O) groups excluding carboxylic acids is 2. The van der Waals surface area contributed by atoms with Crippen molar-refractivity contribution in [1.82, 2.24) is 20.4 Å². The second kappa shape index (κ2) is 10.3. The van der Waals surface area contributed by atoms with Gasteiger partial charge < -0.3 is 10.6 Å². The van der Waals surface area contributed by atoms with Crippen LogP contribution in [0.4, 0.5) is 13.2 Å². The van der Waals surface area contributed by atoms with Gasteiger partial charge in [0.15, 0.2) is 5.96 Å². The Labute approximate surface area is 191 Å². The van der Waals surface area contributed by atoms with Crippen LogP contribution in [-0.4, -0.2) is 80.1 Å². The number of hydrogen-bond acceptors (Lipinski definition) is 4. The molecule has 4 unspecified atom stereocenters. The van der Waals surface area contributed by atoms with Gasteiger partial charge in [-0.3, -0.25) is 24.4 Å². The first-order chi connectivity index (χ1) is 13.7. The molecule has 11 heteroatoms. The number of alkyl halides is 3. The highest BCUT2D eigenvalue weighted by Gasteiger charge is 2.58. The molecule has 30 heavy (non-hydrogen) atoms. The third-order valence-electron chi connectivity index (χ3n) is 5.73. The van der Waals surface area contributed by atoms with Crippen molar-refractivity contribution in [1.29, 1.82) is 0 Å². The number of halogens is 4. The van der Waals surface area contributed by atoms with Crippen LogP contribution in [-0.2, 0) is 9.59 Å². The molecular weight excluding hydrogens is 514 g/mol. The molecule has 2 fully saturated rings. The van der Waals surface area contributed by atoms with Gasteiger partial charge >= 0.3 is 6.18 Å². The van der Waals surface area contributed by atoms with E-state index >= 15 is 0 Å². The zero-order chi connectivity index (χ0) is 21.2. The molecule has 2 aliphatic carbocycles. The highest BCUT2D eigenvalue weighted by molar-refractivity contribution is 14.0. The van der Waals surface area contributed by atoms with E-state index in [-0.39, 0.29) is 79.1 Å². The lowest BCUT2D eigenvalue weighted by Crippen LogP contribution is -2.44. The van der Waals surface area contributed by atoms with Crippen molar-refractivity contribution in [2.45, 2.75) is 19.5 Å². The molecule has 0 aromatic heterocycles. The SMILES string of the molecule is CCNC(=NCCN(C)CC(F)(F)F)NCCN1C(=O)C2C3C=CC(C3)C2C1=O.I. The van der Waals surface area contributed by atoms with Crippen LogP contribution < -0.4 is 10.6 Å². The first-order valence-corrected chi connectivity index (χ1v) is 10.0. The van der Waals surface area contributed by atoms with Gasteiger partial charge in [0.25, 0.3) is 0 Å². The van der Waals surface area contributed by atoms with E-state index in [0.717, 1.165) is 11.3 Å². The summed E-state index contributed by atoms with van der Waals surface area (Å²) in [6.45, 7) is 2.44. The van der Waals surface area contributed by atoms with Crippen molar-refractivity contribution in [3.8, 4) is 0 Å². The number of likely N-dealkylation sites (tertiary alicyclic amines) is 1. The Morgan fingerprint density at radius 1 is 1.20 bits per heavy atom. The molecule has 4 atom stereocenters. The number of nitrogens with zero attached hydrogens (tertiary/aromatic N) is 3. The number of likely N-dealkylation sites (N-methyl/N-ethyl adjacent to an activating group) is 1. The van der Waals surface area contributed by atoms with Crippen molar-refractivity contribution >= 4 is 41.8 Å². The summed E-state index contributed by atoms with van der Waals surface area (Å²) in [4.78, 5) is 32.1. The third kappa shape index (κ3) is 5.65. The first kappa shape index (κ1) is 24.9. The van der Waals surface area contributed by atoms with Gasteiger partial charge in [-0.2, -0.15) is 13.2 Å². The summed E-state index contributed by atoms with van der Waals surface area (Å²) in [5.74, 6) is 0.240. The van der Waals surface area contributed by atoms with Crippen LogP contribution >= 0.6 is 24.0 Å². The lowest BCUT2D eigenvalue weighted by atomic mass is 9.85. The van der Waals surface area contributed by atoms with Crippen LogP contribution in [0.3, 0.4) is 0 Å². The lowest BCUT2D eigenvalue weighted by molar-refractivity contribution is -0.143. The van der Waals surface area contributed by atoms with E-state index in [1.54, 1.807) is 0 Å². The van der Waals surface area contributed by atoms with Gasteiger partial charge in [0, 0.05) is 26.2 Å². The van der Waals surface area contributed by atoms with E-state index in [1.165, 1.54) is 11.9 Å². The smallest absolute Gasteiger partial charge is 0.357 e. The summed E-state index contributed by atoms with van der Waals surface area (Å²) in [5.41, 5.74) is 0. The minimum Gasteiger partial charge on any atom is -0.357 e. The molecule has 0 aromatic rings. The maximum absolute atomic E-state index is 12.6. The van der Waals surface area contributed by atoms with Crippen LogP contribution in [0.2, 0.25) is 0 Å². The fraction of sp³-hybridized carbons (Fsp3) is 0.737. The average Bonchev–Trinajstić information content (AvgIpc) is 3.29. The molecule has 0 spiro atoms. The van der Waals surface area contributed by atoms with Crippen molar-refractivity contribution in [2.75, 3.05) is 46.3 Å². The van der Waals surface area contributed by atoms with Gasteiger partial charge in [-0.05, 0) is 32.2 Å². The van der Waals surface area contributed by atoms with E-state index in [1.807, 2.05) is 6.92 Å². The Morgan fingerprint density at radius 3 is 2.33 bits per heavy atom. The number of aliphatic imine (C=N–C) groups is 1. The monoisotopic (exact) mass is 543 g/mol. The summed E-state index contributed by atoms with van der Waals surface area (Å²) >= 11 is 0. The normalized spacial score (nSPS) is 27.7. The maximum Gasteiger partial charge on any atom is 0.401 e. The molecule has 2 amide bonds. The fourth-order valence-electron chi connectivity index (χ4n) is 4.53. The predicted molar refractivity (Wildman–Crippen MR) is 117 cm³/mol. The molecule has 3 aliphatic rings. The number of guanidine groups is 1. The van der Waals surface area contributed by atoms with Crippen LogP contribution in [0.15, 0.2) is 17.1 Å². The summed E-state index contributed by atoms with van der Waals surface area (Å²) in [6.07, 6.45) is 0.789. The van der Waals surface area contributed by atoms with Crippen LogP contribution in [0.25, 0.3) is 0 Å². The Bertz CT molecular complexity index is 670. The van der Waals surface area contributed by atoms with Crippen LogP contribution in [0, 0.1) is 23.7 Å². The molecule has 1 heterocycles. The first-order valence-electron chi connectivity index (χ1n) is 10.0. The predicted octanol–water partition coefficient (Wildman–Crippen LogP) is 1.46. The molecule has 2 bridgehead atoms. The molecule has 170 valence electrons. The van der Waals surface area contributed by atoms with Gasteiger partial charge in [-0.15, -0.1) is 24.0 Å². The van der Waals surface area contributed by atoms with E-state index < -0.39 is 12.7 Å². The third-order valence-corrected chi connectivity index (χ3v) is 5.73. The van der Waals surface area contributed by atoms with Gasteiger partial charge in [-0.1, -0.05) is 12.2 Å². The van der Waals surface area contributed by atoms with E-state index in [4.69, 9.17) is 0 Å². The van der Waals surface area contributed by atoms with Crippen molar-refractivity contribution < 1.29 is 22.8 Å². The van der Waals surface area contributed by atoms with Crippen LogP contribution in [0.1, 0.15) is 13.3 Å². The number of amides is 2. The topological polar surface area (TPSA) is 77.0 Å². The second-order valence-corrected chi connectivity index (χ2v) is 7.87. The maximum atomic E-state index is 12.6. The van der Waals surface area contributed by atoms with E-state index in [0.29, 0.717) is 19.0 Å². The molecular formula is C19H29F3IN5O2. The number of nitrogens with one attached hydrogen (secondary N) is 2. The standard InChI is InChI=1S/C19H28F3N5O2.HI/c1-3-23-18(24-6-8-26(2)11-19(20,21)22)25-7-9-27-16(28)14-12-4-5-13(10-12)15(14)17(27)29;/h4-5,12-15H,3,6-11H2,1-2H3,(H2,23,24,25);1H. The van der Waals surface area contributed by atoms with Gasteiger partial charge in [0.1, 0.15) is 0 Å². The molecule has 1 saturated carbocycles. The molecule has 7 nitrogen and oxygen atoms in total. The number of hydrogen-bond donors (Lipinski definition) is 2. The largest absolute Gasteiger partial charge is 0.401 e. The van der Waals surface area contributed by atoms with Crippen LogP contribution in [0.5, 0.6) is 0 Å². The molecule has 1 aliphatic heterocycles. The minimum atomic E-state index is -4.23. The molecule has 0 aromatic carbocycles. The van der Waals surface area contributed by atoms with Gasteiger partial charge in [-0.25, -0.2) is 0 Å². The average molecular weight is 543 g/mol. The Morgan fingerprint density at radius 2 is 1.80 bits per heavy atom. The zero-order valence-corrected chi connectivity index (χ0v) is 19.4. The highest BCUT2D eigenvalue weighted by Crippen LogP contribution is 2.52. The van der Waals surface area contributed by atoms with Crippen molar-refractivity contribution in [3.05, 3.63) is 12.2 Å². The van der Waals surface area contributed by atoms with Crippen molar-refractivity contribution in [3.63, 3.8) is 0 Å². The summed E-state index contributed by atoms with van der Waals surface area (Å²) in [5, 5.41) is 6.07.